The molecule has 1 N–H and O–H groups in total. The standard InChI is InChI=1S/C22H20N4O4S/c1-3-30-14-6-4-13(5-7-14)25-11-23-22-26(12-25)21(28)19(31-22)18-16-10-15(29-2)8-9-17(16)24-20(18)27/h4-10H,3,11-12H2,1-2H3,(H,24,27). The van der Waals surface area contributed by atoms with Gasteiger partial charge in [-0.15, -0.1) is 0 Å². The number of carbonyl (C=O) groups excluding carboxylic acids is 1. The fourth-order valence-corrected chi connectivity index (χ4v) is 4.80. The molecule has 0 saturated carbocycles. The van der Waals surface area contributed by atoms with Crippen LogP contribution < -0.4 is 34.6 Å². The second-order valence-corrected chi connectivity index (χ2v) is 8.07. The number of methoxy groups -OCH3 is 1. The Morgan fingerprint density at radius 1 is 1.13 bits per heavy atom. The minimum absolute atomic E-state index is 0.222. The van der Waals surface area contributed by atoms with Crippen molar-refractivity contribution in [3.63, 3.8) is 0 Å². The molecule has 0 fully saturated rings. The summed E-state index contributed by atoms with van der Waals surface area (Å²) < 4.78 is 12.8. The summed E-state index contributed by atoms with van der Waals surface area (Å²) in [5.74, 6) is 1.14. The molecule has 0 spiro atoms. The van der Waals surface area contributed by atoms with E-state index >= 15 is 0 Å². The first-order chi connectivity index (χ1) is 15.1. The highest BCUT2D eigenvalue weighted by atomic mass is 32.1. The highest BCUT2D eigenvalue weighted by Crippen LogP contribution is 2.33. The smallest absolute Gasteiger partial charge is 0.272 e. The molecular weight excluding hydrogens is 416 g/mol. The third-order valence-electron chi connectivity index (χ3n) is 5.26. The van der Waals surface area contributed by atoms with Crippen molar-refractivity contribution >= 4 is 34.2 Å². The third kappa shape index (κ3) is 3.27. The molecule has 9 heteroatoms. The van der Waals surface area contributed by atoms with Crippen molar-refractivity contribution in [2.24, 2.45) is 4.99 Å². The van der Waals surface area contributed by atoms with Gasteiger partial charge >= 0.3 is 0 Å². The number of benzene rings is 2. The summed E-state index contributed by atoms with van der Waals surface area (Å²) in [6, 6.07) is 13.0. The molecule has 158 valence electrons. The minimum Gasteiger partial charge on any atom is -0.497 e. The second kappa shape index (κ2) is 7.59. The molecule has 3 aromatic rings. The number of nitrogens with zero attached hydrogens (tertiary/aromatic N) is 3. The highest BCUT2D eigenvalue weighted by Gasteiger charge is 2.28. The van der Waals surface area contributed by atoms with Crippen molar-refractivity contribution in [2.45, 2.75) is 13.6 Å². The van der Waals surface area contributed by atoms with Crippen LogP contribution in [0, 0.1) is 0 Å². The maximum Gasteiger partial charge on any atom is 0.272 e. The van der Waals surface area contributed by atoms with Crippen LogP contribution >= 0.6 is 11.3 Å². The number of anilines is 2. The molecule has 2 aliphatic rings. The molecule has 8 nitrogen and oxygen atoms in total. The summed E-state index contributed by atoms with van der Waals surface area (Å²) in [4.78, 5) is 33.1. The van der Waals surface area contributed by atoms with Crippen LogP contribution in [0.3, 0.4) is 0 Å². The molecule has 3 heterocycles. The summed E-state index contributed by atoms with van der Waals surface area (Å²) in [5.41, 5.74) is 2.43. The zero-order valence-corrected chi connectivity index (χ0v) is 17.9. The van der Waals surface area contributed by atoms with Crippen molar-refractivity contribution in [1.29, 1.82) is 0 Å². The summed E-state index contributed by atoms with van der Waals surface area (Å²) in [7, 11) is 1.57. The van der Waals surface area contributed by atoms with Crippen LogP contribution in [0.5, 0.6) is 11.5 Å². The van der Waals surface area contributed by atoms with Gasteiger partial charge in [0, 0.05) is 16.9 Å². The molecule has 0 radical (unpaired) electrons. The van der Waals surface area contributed by atoms with E-state index in [9.17, 15) is 9.59 Å². The van der Waals surface area contributed by atoms with Gasteiger partial charge in [-0.1, -0.05) is 11.3 Å². The number of ether oxygens (including phenoxy) is 2. The molecule has 31 heavy (non-hydrogen) atoms. The van der Waals surface area contributed by atoms with Crippen LogP contribution in [0.4, 0.5) is 11.4 Å². The maximum atomic E-state index is 13.3. The van der Waals surface area contributed by atoms with Crippen molar-refractivity contribution in [3.8, 4) is 11.5 Å². The molecular formula is C22H20N4O4S. The lowest BCUT2D eigenvalue weighted by Gasteiger charge is -2.25. The number of aromatic nitrogens is 1. The van der Waals surface area contributed by atoms with Gasteiger partial charge < -0.3 is 19.7 Å². The zero-order valence-electron chi connectivity index (χ0n) is 17.0. The Morgan fingerprint density at radius 3 is 2.65 bits per heavy atom. The van der Waals surface area contributed by atoms with Crippen molar-refractivity contribution in [1.82, 2.24) is 4.57 Å². The molecule has 0 aliphatic carbocycles. The Labute approximate surface area is 181 Å². The lowest BCUT2D eigenvalue weighted by Crippen LogP contribution is -2.43. The summed E-state index contributed by atoms with van der Waals surface area (Å²) >= 11 is 1.24. The van der Waals surface area contributed by atoms with Gasteiger partial charge in [-0.2, -0.15) is 0 Å². The largest absolute Gasteiger partial charge is 0.497 e. The Morgan fingerprint density at radius 2 is 1.90 bits per heavy atom. The maximum absolute atomic E-state index is 13.3. The topological polar surface area (TPSA) is 85.2 Å². The van der Waals surface area contributed by atoms with Crippen molar-refractivity contribution in [2.75, 3.05) is 30.6 Å². The van der Waals surface area contributed by atoms with Crippen molar-refractivity contribution < 1.29 is 14.3 Å². The lowest BCUT2D eigenvalue weighted by molar-refractivity contribution is -0.110. The van der Waals surface area contributed by atoms with Gasteiger partial charge in [0.1, 0.15) is 29.4 Å². The number of amides is 1. The first-order valence-electron chi connectivity index (χ1n) is 9.85. The van der Waals surface area contributed by atoms with Crippen LogP contribution in [-0.2, 0) is 11.5 Å². The van der Waals surface area contributed by atoms with E-state index in [1.165, 1.54) is 11.3 Å². The Kier molecular flexibility index (Phi) is 4.74. The minimum atomic E-state index is -0.289. The number of carbonyl (C=O) groups is 1. The third-order valence-corrected chi connectivity index (χ3v) is 6.38. The van der Waals surface area contributed by atoms with Crippen molar-refractivity contribution in [3.05, 3.63) is 67.7 Å². The van der Waals surface area contributed by atoms with E-state index < -0.39 is 0 Å². The van der Waals surface area contributed by atoms with E-state index in [0.717, 1.165) is 11.4 Å². The summed E-state index contributed by atoms with van der Waals surface area (Å²) in [6.07, 6.45) is 0. The summed E-state index contributed by atoms with van der Waals surface area (Å²) in [6.45, 7) is 3.34. The first kappa shape index (κ1) is 19.4. The van der Waals surface area contributed by atoms with E-state index in [0.29, 0.717) is 51.9 Å². The fraction of sp³-hybridized carbons (Fsp3) is 0.227. The normalized spacial score (nSPS) is 16.3. The predicted octanol–water partition coefficient (Wildman–Crippen LogP) is 1.52. The average Bonchev–Trinajstić information content (AvgIpc) is 3.29. The average molecular weight is 436 g/mol. The highest BCUT2D eigenvalue weighted by molar-refractivity contribution is 7.07. The van der Waals surface area contributed by atoms with Gasteiger partial charge in [0.15, 0.2) is 4.80 Å². The monoisotopic (exact) mass is 436 g/mol. The number of thiazole rings is 1. The number of nitrogens with one attached hydrogen (secondary N) is 1. The van der Waals surface area contributed by atoms with E-state index in [1.807, 2.05) is 36.1 Å². The van der Waals surface area contributed by atoms with Gasteiger partial charge in [-0.05, 0) is 49.4 Å². The van der Waals surface area contributed by atoms with Crippen LogP contribution in [-0.4, -0.2) is 30.9 Å². The summed E-state index contributed by atoms with van der Waals surface area (Å²) in [5, 5.41) is 2.83. The van der Waals surface area contributed by atoms with Gasteiger partial charge in [-0.3, -0.25) is 14.2 Å². The Bertz CT molecular complexity index is 1360. The fourth-order valence-electron chi connectivity index (χ4n) is 3.74. The van der Waals surface area contributed by atoms with Crippen LogP contribution in [0.15, 0.2) is 52.3 Å². The Hall–Kier alpha value is -3.59. The first-order valence-corrected chi connectivity index (χ1v) is 10.7. The number of hydrogen-bond acceptors (Lipinski definition) is 7. The number of fused-ring (bicyclic) bond motifs is 2. The molecule has 0 unspecified atom stereocenters. The van der Waals surface area contributed by atoms with E-state index in [1.54, 1.807) is 29.9 Å². The molecule has 2 aromatic carbocycles. The van der Waals surface area contributed by atoms with Gasteiger partial charge in [0.25, 0.3) is 11.5 Å². The van der Waals surface area contributed by atoms with Gasteiger partial charge in [0.2, 0.25) is 0 Å². The zero-order chi connectivity index (χ0) is 21.5. The molecule has 2 aliphatic heterocycles. The van der Waals surface area contributed by atoms with Crippen LogP contribution in [0.25, 0.3) is 5.57 Å². The van der Waals surface area contributed by atoms with Crippen LogP contribution in [0.1, 0.15) is 12.5 Å². The van der Waals surface area contributed by atoms with Gasteiger partial charge in [-0.25, -0.2) is 4.99 Å². The number of hydrogen-bond donors (Lipinski definition) is 1. The van der Waals surface area contributed by atoms with E-state index in [2.05, 4.69) is 10.3 Å². The number of rotatable bonds is 4. The lowest BCUT2D eigenvalue weighted by atomic mass is 10.1. The molecule has 0 bridgehead atoms. The molecule has 1 aromatic heterocycles. The molecule has 0 saturated heterocycles. The molecule has 1 amide bonds. The van der Waals surface area contributed by atoms with Gasteiger partial charge in [0.05, 0.1) is 19.3 Å². The van der Waals surface area contributed by atoms with E-state index in [-0.39, 0.29) is 11.5 Å². The second-order valence-electron chi connectivity index (χ2n) is 7.10. The quantitative estimate of drug-likeness (QED) is 0.671. The molecule has 5 rings (SSSR count). The van der Waals surface area contributed by atoms with E-state index in [4.69, 9.17) is 9.47 Å². The predicted molar refractivity (Wildman–Crippen MR) is 118 cm³/mol. The SMILES string of the molecule is CCOc1ccc(N2CN=c3sc(=C4C(=O)Nc5ccc(OC)cc54)c(=O)n3C2)cc1. The molecule has 0 atom stereocenters. The van der Waals surface area contributed by atoms with Crippen LogP contribution in [0.2, 0.25) is 0 Å². The Balaban J connectivity index is 1.56.